The highest BCUT2D eigenvalue weighted by molar-refractivity contribution is 7.14. The molecule has 4 rings (SSSR count). The van der Waals surface area contributed by atoms with E-state index in [2.05, 4.69) is 15.1 Å². The monoisotopic (exact) mass is 460 g/mol. The van der Waals surface area contributed by atoms with E-state index >= 15 is 0 Å². The second kappa shape index (κ2) is 8.25. The standard InChI is InChI=1S/C19H11ClF2N6O2S/c1-10-18(31-16(6-23)26-10)30-17-13(20)5-11(7-24-17)28-19(29)27(9-25-28)8-12-14(21)3-2-4-15(12)22/h2-5,7,9H,8H2,1H3. The zero-order valence-electron chi connectivity index (χ0n) is 15.7. The number of hydrogen-bond donors (Lipinski definition) is 0. The molecule has 0 atom stereocenters. The van der Waals surface area contributed by atoms with E-state index in [4.69, 9.17) is 21.6 Å². The second-order valence-corrected chi connectivity index (χ2v) is 7.61. The molecule has 3 heterocycles. The van der Waals surface area contributed by atoms with Gasteiger partial charge in [0.15, 0.2) is 5.01 Å². The van der Waals surface area contributed by atoms with Gasteiger partial charge in [0, 0.05) is 5.56 Å². The smallest absolute Gasteiger partial charge is 0.350 e. The Morgan fingerprint density at radius 1 is 1.32 bits per heavy atom. The van der Waals surface area contributed by atoms with Gasteiger partial charge in [-0.1, -0.05) is 29.0 Å². The van der Waals surface area contributed by atoms with E-state index < -0.39 is 17.3 Å². The Balaban J connectivity index is 1.61. The number of pyridine rings is 1. The van der Waals surface area contributed by atoms with Crippen LogP contribution in [0.5, 0.6) is 10.9 Å². The Bertz CT molecular complexity index is 1370. The molecule has 0 saturated carbocycles. The number of thiazole rings is 1. The lowest BCUT2D eigenvalue weighted by atomic mass is 10.2. The fraction of sp³-hybridized carbons (Fsp3) is 0.105. The molecule has 0 fully saturated rings. The Morgan fingerprint density at radius 2 is 2.06 bits per heavy atom. The Hall–Kier alpha value is -3.62. The van der Waals surface area contributed by atoms with E-state index in [9.17, 15) is 13.6 Å². The summed E-state index contributed by atoms with van der Waals surface area (Å²) in [6.45, 7) is 1.35. The van der Waals surface area contributed by atoms with Crippen LogP contribution in [0.1, 0.15) is 16.3 Å². The molecule has 0 N–H and O–H groups in total. The highest BCUT2D eigenvalue weighted by Gasteiger charge is 2.16. The van der Waals surface area contributed by atoms with Crippen molar-refractivity contribution in [2.75, 3.05) is 0 Å². The van der Waals surface area contributed by atoms with Gasteiger partial charge < -0.3 is 4.74 Å². The molecular formula is C19H11ClF2N6O2S. The van der Waals surface area contributed by atoms with E-state index in [1.807, 2.05) is 6.07 Å². The Kier molecular flexibility index (Phi) is 5.50. The van der Waals surface area contributed by atoms with E-state index in [1.54, 1.807) is 6.92 Å². The molecule has 8 nitrogen and oxygen atoms in total. The highest BCUT2D eigenvalue weighted by Crippen LogP contribution is 2.34. The van der Waals surface area contributed by atoms with Gasteiger partial charge in [-0.2, -0.15) is 15.0 Å². The van der Waals surface area contributed by atoms with Gasteiger partial charge >= 0.3 is 5.69 Å². The SMILES string of the molecule is Cc1nc(C#N)sc1Oc1ncc(-n2ncn(Cc3c(F)cccc3F)c2=O)cc1Cl. The lowest BCUT2D eigenvalue weighted by Gasteiger charge is -2.07. The molecule has 31 heavy (non-hydrogen) atoms. The van der Waals surface area contributed by atoms with Crippen molar-refractivity contribution in [3.63, 3.8) is 0 Å². The second-order valence-electron chi connectivity index (χ2n) is 6.24. The average molecular weight is 461 g/mol. The fourth-order valence-corrected chi connectivity index (χ4v) is 3.61. The van der Waals surface area contributed by atoms with Gasteiger partial charge in [0.2, 0.25) is 10.9 Å². The summed E-state index contributed by atoms with van der Waals surface area (Å²) in [5.41, 5.74) is -0.139. The van der Waals surface area contributed by atoms with Gasteiger partial charge in [-0.05, 0) is 25.1 Å². The first-order valence-corrected chi connectivity index (χ1v) is 9.85. The first-order valence-electron chi connectivity index (χ1n) is 8.66. The molecule has 0 spiro atoms. The number of nitrogens with zero attached hydrogens (tertiary/aromatic N) is 6. The molecule has 0 unspecified atom stereocenters. The Morgan fingerprint density at radius 3 is 2.71 bits per heavy atom. The van der Waals surface area contributed by atoms with E-state index in [0.717, 1.165) is 39.0 Å². The van der Waals surface area contributed by atoms with Crippen molar-refractivity contribution in [3.8, 4) is 22.7 Å². The van der Waals surface area contributed by atoms with Gasteiger partial charge in [0.05, 0.1) is 24.1 Å². The number of ether oxygens (including phenoxy) is 1. The maximum Gasteiger partial charge on any atom is 0.350 e. The molecule has 0 radical (unpaired) electrons. The van der Waals surface area contributed by atoms with Crippen LogP contribution in [0.2, 0.25) is 5.02 Å². The molecule has 0 saturated heterocycles. The maximum atomic E-state index is 13.9. The van der Waals surface area contributed by atoms with Crippen LogP contribution < -0.4 is 10.4 Å². The average Bonchev–Trinajstić information content (AvgIpc) is 3.28. The third-order valence-electron chi connectivity index (χ3n) is 4.20. The number of aryl methyl sites for hydroxylation is 1. The maximum absolute atomic E-state index is 13.9. The topological polar surface area (TPSA) is 98.6 Å². The molecule has 1 aromatic carbocycles. The summed E-state index contributed by atoms with van der Waals surface area (Å²) in [5, 5.41) is 13.6. The first-order chi connectivity index (χ1) is 14.9. The minimum absolute atomic E-state index is 0.0579. The van der Waals surface area contributed by atoms with Gasteiger partial charge in [-0.25, -0.2) is 23.5 Å². The van der Waals surface area contributed by atoms with Crippen LogP contribution in [0, 0.1) is 29.9 Å². The summed E-state index contributed by atoms with van der Waals surface area (Å²) >= 11 is 7.28. The van der Waals surface area contributed by atoms with Gasteiger partial charge in [0.1, 0.15) is 29.1 Å². The summed E-state index contributed by atoms with van der Waals surface area (Å²) in [5.74, 6) is -1.46. The summed E-state index contributed by atoms with van der Waals surface area (Å²) in [6, 6.07) is 6.81. The van der Waals surface area contributed by atoms with Crippen LogP contribution in [0.15, 0.2) is 41.6 Å². The normalized spacial score (nSPS) is 10.8. The Labute approximate surface area is 182 Å². The summed E-state index contributed by atoms with van der Waals surface area (Å²) in [7, 11) is 0. The third-order valence-corrected chi connectivity index (χ3v) is 5.41. The molecule has 0 bridgehead atoms. The van der Waals surface area contributed by atoms with Crippen molar-refractivity contribution < 1.29 is 13.5 Å². The van der Waals surface area contributed by atoms with Crippen molar-refractivity contribution >= 4 is 22.9 Å². The van der Waals surface area contributed by atoms with Crippen LogP contribution in [-0.4, -0.2) is 24.3 Å². The first kappa shape index (κ1) is 20.6. The van der Waals surface area contributed by atoms with E-state index in [0.29, 0.717) is 10.8 Å². The quantitative estimate of drug-likeness (QED) is 0.448. The van der Waals surface area contributed by atoms with Crippen molar-refractivity contribution in [3.05, 3.63) is 80.2 Å². The summed E-state index contributed by atoms with van der Waals surface area (Å²) in [6.07, 6.45) is 2.47. The number of rotatable bonds is 5. The molecule has 0 aliphatic heterocycles. The molecule has 0 aliphatic carbocycles. The van der Waals surface area contributed by atoms with Gasteiger partial charge in [0.25, 0.3) is 0 Å². The predicted molar refractivity (Wildman–Crippen MR) is 108 cm³/mol. The molecule has 4 aromatic rings. The third kappa shape index (κ3) is 4.03. The number of nitriles is 1. The van der Waals surface area contributed by atoms with Gasteiger partial charge in [-0.15, -0.1) is 0 Å². The van der Waals surface area contributed by atoms with Crippen LogP contribution in [0.4, 0.5) is 8.78 Å². The van der Waals surface area contributed by atoms with Crippen molar-refractivity contribution in [2.24, 2.45) is 0 Å². The lowest BCUT2D eigenvalue weighted by Crippen LogP contribution is -2.24. The van der Waals surface area contributed by atoms with Crippen molar-refractivity contribution in [1.29, 1.82) is 5.26 Å². The summed E-state index contributed by atoms with van der Waals surface area (Å²) < 4.78 is 35.4. The van der Waals surface area contributed by atoms with Gasteiger partial charge in [-0.3, -0.25) is 4.57 Å². The van der Waals surface area contributed by atoms with Crippen LogP contribution >= 0.6 is 22.9 Å². The predicted octanol–water partition coefficient (Wildman–Crippen LogP) is 3.84. The summed E-state index contributed by atoms with van der Waals surface area (Å²) in [4.78, 5) is 20.8. The fourth-order valence-electron chi connectivity index (χ4n) is 2.69. The minimum atomic E-state index is -0.760. The van der Waals surface area contributed by atoms with Crippen LogP contribution in [0.25, 0.3) is 5.69 Å². The van der Waals surface area contributed by atoms with Crippen molar-refractivity contribution in [1.82, 2.24) is 24.3 Å². The molecule has 0 amide bonds. The van der Waals surface area contributed by atoms with Crippen LogP contribution in [-0.2, 0) is 6.54 Å². The van der Waals surface area contributed by atoms with Crippen molar-refractivity contribution in [2.45, 2.75) is 13.5 Å². The number of aromatic nitrogens is 5. The van der Waals surface area contributed by atoms with E-state index in [-0.39, 0.29) is 33.7 Å². The number of hydrogen-bond acceptors (Lipinski definition) is 7. The molecule has 3 aromatic heterocycles. The molecule has 156 valence electrons. The lowest BCUT2D eigenvalue weighted by molar-refractivity contribution is 0.471. The van der Waals surface area contributed by atoms with Crippen LogP contribution in [0.3, 0.4) is 0 Å². The highest BCUT2D eigenvalue weighted by atomic mass is 35.5. The zero-order valence-corrected chi connectivity index (χ0v) is 17.3. The molecule has 12 heteroatoms. The number of halogens is 3. The number of benzene rings is 1. The zero-order chi connectivity index (χ0) is 22.1. The minimum Gasteiger partial charge on any atom is -0.425 e. The molecular weight excluding hydrogens is 450 g/mol. The van der Waals surface area contributed by atoms with E-state index in [1.165, 1.54) is 18.3 Å². The molecule has 0 aliphatic rings. The largest absolute Gasteiger partial charge is 0.425 e.